The van der Waals surface area contributed by atoms with E-state index >= 15 is 0 Å². The van der Waals surface area contributed by atoms with Crippen molar-refractivity contribution in [1.82, 2.24) is 15.0 Å². The first-order valence-electron chi connectivity index (χ1n) is 8.43. The van der Waals surface area contributed by atoms with E-state index in [4.69, 9.17) is 0 Å². The van der Waals surface area contributed by atoms with Gasteiger partial charge >= 0.3 is 0 Å². The Morgan fingerprint density at radius 3 is 2.28 bits per heavy atom. The Labute approximate surface area is 144 Å². The summed E-state index contributed by atoms with van der Waals surface area (Å²) in [4.78, 5) is 28.4. The summed E-state index contributed by atoms with van der Waals surface area (Å²) in [5.41, 5.74) is 1.02. The van der Waals surface area contributed by atoms with Crippen LogP contribution in [-0.2, 0) is 4.79 Å². The van der Waals surface area contributed by atoms with Crippen molar-refractivity contribution < 1.29 is 9.18 Å². The monoisotopic (exact) mass is 342 g/mol. The number of rotatable bonds is 4. The fourth-order valence-corrected chi connectivity index (χ4v) is 2.85. The van der Waals surface area contributed by atoms with E-state index in [0.29, 0.717) is 11.8 Å². The van der Waals surface area contributed by atoms with Crippen molar-refractivity contribution in [3.05, 3.63) is 36.5 Å². The molecule has 0 radical (unpaired) electrons. The van der Waals surface area contributed by atoms with Crippen LogP contribution in [0.2, 0.25) is 0 Å². The van der Waals surface area contributed by atoms with Gasteiger partial charge in [-0.05, 0) is 25.0 Å². The summed E-state index contributed by atoms with van der Waals surface area (Å²) in [6.45, 7) is 3.12. The smallest absolute Gasteiger partial charge is 0.228 e. The highest BCUT2D eigenvalue weighted by molar-refractivity contribution is 5.93. The third-order valence-electron chi connectivity index (χ3n) is 4.48. The summed E-state index contributed by atoms with van der Waals surface area (Å²) in [7, 11) is 0. The number of piperazine rings is 1. The number of amides is 1. The van der Waals surface area contributed by atoms with Crippen LogP contribution < -0.4 is 15.1 Å². The van der Waals surface area contributed by atoms with Gasteiger partial charge in [-0.3, -0.25) is 4.79 Å². The van der Waals surface area contributed by atoms with Crippen LogP contribution >= 0.6 is 0 Å². The second-order valence-electron chi connectivity index (χ2n) is 6.34. The summed E-state index contributed by atoms with van der Waals surface area (Å²) in [5.74, 6) is 0.954. The molecule has 130 valence electrons. The maximum atomic E-state index is 12.9. The van der Waals surface area contributed by atoms with Crippen molar-refractivity contribution in [3.63, 3.8) is 0 Å². The van der Waals surface area contributed by atoms with Crippen molar-refractivity contribution in [3.8, 4) is 0 Å². The van der Waals surface area contributed by atoms with Crippen LogP contribution in [-0.4, -0.2) is 47.0 Å². The molecule has 0 atom stereocenters. The average Bonchev–Trinajstić information content (AvgIpc) is 3.49. The number of hydrogen-bond donors (Lipinski definition) is 1. The first kappa shape index (κ1) is 15.7. The number of aromatic nitrogens is 3. The Morgan fingerprint density at radius 2 is 1.68 bits per heavy atom. The molecule has 1 amide bonds. The van der Waals surface area contributed by atoms with Gasteiger partial charge in [0, 0.05) is 32.1 Å². The molecule has 0 bridgehead atoms. The number of anilines is 3. The van der Waals surface area contributed by atoms with Crippen molar-refractivity contribution in [2.75, 3.05) is 41.3 Å². The van der Waals surface area contributed by atoms with E-state index < -0.39 is 5.82 Å². The fraction of sp³-hybridized carbons (Fsp3) is 0.412. The molecule has 2 aromatic heterocycles. The van der Waals surface area contributed by atoms with Gasteiger partial charge in [-0.1, -0.05) is 0 Å². The van der Waals surface area contributed by atoms with Crippen LogP contribution in [0.3, 0.4) is 0 Å². The molecule has 3 heterocycles. The lowest BCUT2D eigenvalue weighted by atomic mass is 10.2. The molecule has 1 aliphatic carbocycles. The van der Waals surface area contributed by atoms with Gasteiger partial charge in [0.1, 0.15) is 5.82 Å². The molecule has 8 heteroatoms. The standard InChI is InChI=1S/C17H19FN6O/c18-13-9-20-17(21-10-13)24-7-5-23(6-8-24)14-3-4-15(19-11-14)22-16(25)12-1-2-12/h3-4,9-12H,1-2,5-8H2,(H,19,22,25). The molecular weight excluding hydrogens is 323 g/mol. The van der Waals surface area contributed by atoms with Gasteiger partial charge in [-0.2, -0.15) is 0 Å². The van der Waals surface area contributed by atoms with E-state index in [9.17, 15) is 9.18 Å². The van der Waals surface area contributed by atoms with Crippen LogP contribution in [0.25, 0.3) is 0 Å². The van der Waals surface area contributed by atoms with Gasteiger partial charge in [-0.25, -0.2) is 19.3 Å². The minimum absolute atomic E-state index is 0.0631. The molecule has 0 aromatic carbocycles. The molecule has 2 aromatic rings. The van der Waals surface area contributed by atoms with Gasteiger partial charge in [0.05, 0.1) is 24.3 Å². The quantitative estimate of drug-likeness (QED) is 0.911. The molecule has 4 rings (SSSR count). The zero-order valence-corrected chi connectivity index (χ0v) is 13.7. The summed E-state index contributed by atoms with van der Waals surface area (Å²) in [5, 5.41) is 2.84. The maximum absolute atomic E-state index is 12.9. The van der Waals surface area contributed by atoms with Gasteiger partial charge in [0.15, 0.2) is 5.82 Å². The SMILES string of the molecule is O=C(Nc1ccc(N2CCN(c3ncc(F)cn3)CC2)cn1)C1CC1. The molecule has 1 saturated carbocycles. The Morgan fingerprint density at radius 1 is 1.00 bits per heavy atom. The van der Waals surface area contributed by atoms with Gasteiger partial charge in [-0.15, -0.1) is 0 Å². The van der Waals surface area contributed by atoms with Crippen LogP contribution in [0, 0.1) is 11.7 Å². The molecule has 2 aliphatic rings. The van der Waals surface area contributed by atoms with Gasteiger partial charge in [0.25, 0.3) is 0 Å². The van der Waals surface area contributed by atoms with Crippen molar-refractivity contribution >= 4 is 23.4 Å². The fourth-order valence-electron chi connectivity index (χ4n) is 2.85. The Kier molecular flexibility index (Phi) is 4.17. The average molecular weight is 342 g/mol. The number of carbonyl (C=O) groups excluding carboxylic acids is 1. The largest absolute Gasteiger partial charge is 0.367 e. The minimum Gasteiger partial charge on any atom is -0.367 e. The first-order chi connectivity index (χ1) is 12.2. The second kappa shape index (κ2) is 6.62. The highest BCUT2D eigenvalue weighted by Gasteiger charge is 2.29. The highest BCUT2D eigenvalue weighted by atomic mass is 19.1. The van der Waals surface area contributed by atoms with E-state index in [0.717, 1.165) is 44.7 Å². The lowest BCUT2D eigenvalue weighted by Crippen LogP contribution is -2.47. The Hall–Kier alpha value is -2.77. The van der Waals surface area contributed by atoms with Crippen molar-refractivity contribution in [1.29, 1.82) is 0 Å². The number of hydrogen-bond acceptors (Lipinski definition) is 6. The third-order valence-corrected chi connectivity index (χ3v) is 4.48. The number of nitrogens with zero attached hydrogens (tertiary/aromatic N) is 5. The molecule has 25 heavy (non-hydrogen) atoms. The number of carbonyl (C=O) groups is 1. The Balaban J connectivity index is 1.34. The third kappa shape index (κ3) is 3.67. The summed E-state index contributed by atoms with van der Waals surface area (Å²) in [6.07, 6.45) is 6.12. The molecular formula is C17H19FN6O. The zero-order valence-electron chi connectivity index (χ0n) is 13.7. The molecule has 0 spiro atoms. The van der Waals surface area contributed by atoms with Crippen LogP contribution in [0.5, 0.6) is 0 Å². The van der Waals surface area contributed by atoms with E-state index in [-0.39, 0.29) is 11.8 Å². The molecule has 1 saturated heterocycles. The van der Waals surface area contributed by atoms with E-state index in [1.54, 1.807) is 6.20 Å². The van der Waals surface area contributed by atoms with Gasteiger partial charge in [0.2, 0.25) is 11.9 Å². The zero-order chi connectivity index (χ0) is 17.2. The topological polar surface area (TPSA) is 74.2 Å². The normalized spacial score (nSPS) is 17.5. The predicted molar refractivity (Wildman–Crippen MR) is 92.0 cm³/mol. The van der Waals surface area contributed by atoms with Crippen LogP contribution in [0.1, 0.15) is 12.8 Å². The maximum Gasteiger partial charge on any atom is 0.228 e. The predicted octanol–water partition coefficient (Wildman–Crippen LogP) is 1.69. The van der Waals surface area contributed by atoms with Crippen LogP contribution in [0.4, 0.5) is 21.8 Å². The summed E-state index contributed by atoms with van der Waals surface area (Å²) >= 11 is 0. The van der Waals surface area contributed by atoms with Crippen molar-refractivity contribution in [2.45, 2.75) is 12.8 Å². The molecule has 1 N–H and O–H groups in total. The van der Waals surface area contributed by atoms with Gasteiger partial charge < -0.3 is 15.1 Å². The molecule has 7 nitrogen and oxygen atoms in total. The van der Waals surface area contributed by atoms with Crippen molar-refractivity contribution in [2.24, 2.45) is 5.92 Å². The number of halogens is 1. The summed E-state index contributed by atoms with van der Waals surface area (Å²) < 4.78 is 12.9. The lowest BCUT2D eigenvalue weighted by molar-refractivity contribution is -0.117. The van der Waals surface area contributed by atoms with E-state index in [1.165, 1.54) is 12.4 Å². The minimum atomic E-state index is -0.428. The Bertz CT molecular complexity index is 739. The molecule has 2 fully saturated rings. The first-order valence-corrected chi connectivity index (χ1v) is 8.43. The molecule has 1 aliphatic heterocycles. The second-order valence-corrected chi connectivity index (χ2v) is 6.34. The van der Waals surface area contributed by atoms with E-state index in [1.807, 2.05) is 17.0 Å². The number of nitrogens with one attached hydrogen (secondary N) is 1. The molecule has 0 unspecified atom stereocenters. The number of pyridine rings is 1. The summed E-state index contributed by atoms with van der Waals surface area (Å²) in [6, 6.07) is 3.81. The lowest BCUT2D eigenvalue weighted by Gasteiger charge is -2.35. The van der Waals surface area contributed by atoms with E-state index in [2.05, 4.69) is 25.2 Å². The van der Waals surface area contributed by atoms with Crippen LogP contribution in [0.15, 0.2) is 30.7 Å². The highest BCUT2D eigenvalue weighted by Crippen LogP contribution is 2.30.